The highest BCUT2D eigenvalue weighted by Gasteiger charge is 2.49. The van der Waals surface area contributed by atoms with Crippen molar-refractivity contribution >= 4 is 17.4 Å². The quantitative estimate of drug-likeness (QED) is 0.405. The Morgan fingerprint density at radius 1 is 1.03 bits per heavy atom. The molecule has 182 valence electrons. The standard InChI is InChI=1S/C27H24F2N6O/c28-27(29)12-21(13-27)26(36)35-10-8-18-1-2-19(11-20(18)16-35)25-30-9-7-24(34-25)33-23-5-3-17(4-6-23)22-14-31-32-15-22/h1-7,9,11,14-15,21H,8,10,12-13,16H2,(H,31,32)(H,30,33,34). The molecule has 0 unspecified atom stereocenters. The maximum absolute atomic E-state index is 13.2. The summed E-state index contributed by atoms with van der Waals surface area (Å²) >= 11 is 0. The first-order valence-electron chi connectivity index (χ1n) is 11.9. The van der Waals surface area contributed by atoms with Gasteiger partial charge in [0.2, 0.25) is 11.8 Å². The van der Waals surface area contributed by atoms with Crippen LogP contribution in [0, 0.1) is 5.92 Å². The molecule has 1 aliphatic carbocycles. The van der Waals surface area contributed by atoms with Gasteiger partial charge in [-0.2, -0.15) is 5.10 Å². The van der Waals surface area contributed by atoms with Crippen LogP contribution in [0.25, 0.3) is 22.5 Å². The molecule has 1 aliphatic heterocycles. The van der Waals surface area contributed by atoms with Gasteiger partial charge in [0.1, 0.15) is 5.82 Å². The third-order valence-electron chi connectivity index (χ3n) is 6.87. The fraction of sp³-hybridized carbons (Fsp3) is 0.259. The molecule has 36 heavy (non-hydrogen) atoms. The monoisotopic (exact) mass is 486 g/mol. The van der Waals surface area contributed by atoms with Crippen LogP contribution in [-0.4, -0.2) is 43.4 Å². The molecule has 7 nitrogen and oxygen atoms in total. The van der Waals surface area contributed by atoms with E-state index in [1.54, 1.807) is 23.4 Å². The van der Waals surface area contributed by atoms with Crippen molar-refractivity contribution < 1.29 is 13.6 Å². The van der Waals surface area contributed by atoms with E-state index in [4.69, 9.17) is 0 Å². The molecule has 1 saturated carbocycles. The van der Waals surface area contributed by atoms with Gasteiger partial charge in [0.25, 0.3) is 0 Å². The van der Waals surface area contributed by atoms with Crippen molar-refractivity contribution in [2.45, 2.75) is 31.7 Å². The summed E-state index contributed by atoms with van der Waals surface area (Å²) in [4.78, 5) is 23.5. The number of carbonyl (C=O) groups is 1. The van der Waals surface area contributed by atoms with E-state index in [1.165, 1.54) is 0 Å². The summed E-state index contributed by atoms with van der Waals surface area (Å²) in [5.41, 5.74) is 5.99. The molecule has 4 aromatic rings. The van der Waals surface area contributed by atoms with Gasteiger partial charge < -0.3 is 10.2 Å². The molecule has 2 aromatic heterocycles. The van der Waals surface area contributed by atoms with E-state index in [1.807, 2.05) is 48.7 Å². The van der Waals surface area contributed by atoms with Crippen LogP contribution in [0.3, 0.4) is 0 Å². The summed E-state index contributed by atoms with van der Waals surface area (Å²) in [5.74, 6) is -2.20. The van der Waals surface area contributed by atoms with E-state index in [-0.39, 0.29) is 18.7 Å². The van der Waals surface area contributed by atoms with Crippen LogP contribution in [0.2, 0.25) is 0 Å². The third kappa shape index (κ3) is 4.44. The summed E-state index contributed by atoms with van der Waals surface area (Å²) in [6, 6.07) is 15.8. The number of aromatic nitrogens is 4. The number of amides is 1. The fourth-order valence-electron chi connectivity index (χ4n) is 4.85. The first-order valence-corrected chi connectivity index (χ1v) is 11.9. The summed E-state index contributed by atoms with van der Waals surface area (Å²) in [6.07, 6.45) is 5.36. The number of aromatic amines is 1. The van der Waals surface area contributed by atoms with Gasteiger partial charge >= 0.3 is 0 Å². The largest absolute Gasteiger partial charge is 0.340 e. The van der Waals surface area contributed by atoms with Crippen molar-refractivity contribution in [2.24, 2.45) is 5.92 Å². The Balaban J connectivity index is 1.17. The number of nitrogens with one attached hydrogen (secondary N) is 2. The lowest BCUT2D eigenvalue weighted by Crippen LogP contribution is -2.48. The van der Waals surface area contributed by atoms with Crippen molar-refractivity contribution in [2.75, 3.05) is 11.9 Å². The van der Waals surface area contributed by atoms with Gasteiger partial charge in [0.05, 0.1) is 6.20 Å². The first-order chi connectivity index (χ1) is 17.4. The van der Waals surface area contributed by atoms with Gasteiger partial charge in [-0.05, 0) is 47.4 Å². The summed E-state index contributed by atoms with van der Waals surface area (Å²) in [7, 11) is 0. The second-order valence-corrected chi connectivity index (χ2v) is 9.41. The van der Waals surface area contributed by atoms with Crippen molar-refractivity contribution in [3.05, 3.63) is 78.2 Å². The number of rotatable bonds is 5. The van der Waals surface area contributed by atoms with Gasteiger partial charge in [-0.3, -0.25) is 9.89 Å². The van der Waals surface area contributed by atoms with E-state index in [0.717, 1.165) is 33.5 Å². The average Bonchev–Trinajstić information content (AvgIpc) is 3.42. The van der Waals surface area contributed by atoms with E-state index >= 15 is 0 Å². The topological polar surface area (TPSA) is 86.8 Å². The summed E-state index contributed by atoms with van der Waals surface area (Å²) < 4.78 is 26.5. The zero-order valence-electron chi connectivity index (χ0n) is 19.4. The maximum atomic E-state index is 13.2. The number of carbonyl (C=O) groups excluding carboxylic acids is 1. The van der Waals surface area contributed by atoms with Gasteiger partial charge in [-0.15, -0.1) is 0 Å². The number of hydrogen-bond donors (Lipinski definition) is 2. The van der Waals surface area contributed by atoms with Crippen LogP contribution in [0.4, 0.5) is 20.3 Å². The zero-order valence-corrected chi connectivity index (χ0v) is 19.4. The van der Waals surface area contributed by atoms with E-state index in [2.05, 4.69) is 25.5 Å². The maximum Gasteiger partial charge on any atom is 0.249 e. The van der Waals surface area contributed by atoms with Crippen molar-refractivity contribution in [1.29, 1.82) is 0 Å². The normalized spacial score (nSPS) is 16.8. The Labute approximate surface area is 206 Å². The Bertz CT molecular complexity index is 1400. The Hall–Kier alpha value is -4.14. The predicted octanol–water partition coefficient (Wildman–Crippen LogP) is 5.21. The van der Waals surface area contributed by atoms with Crippen LogP contribution in [0.1, 0.15) is 24.0 Å². The average molecular weight is 487 g/mol. The number of halogens is 2. The SMILES string of the molecule is O=C(C1CC(F)(F)C1)N1CCc2ccc(-c3nccc(Nc4ccc(-c5cn[nH]c5)cc4)n3)cc2C1. The molecule has 1 fully saturated rings. The highest BCUT2D eigenvalue weighted by atomic mass is 19.3. The molecule has 0 radical (unpaired) electrons. The molecule has 0 atom stereocenters. The van der Waals surface area contributed by atoms with Crippen LogP contribution < -0.4 is 5.32 Å². The highest BCUT2D eigenvalue weighted by Crippen LogP contribution is 2.43. The molecule has 1 amide bonds. The molecule has 2 N–H and O–H groups in total. The first kappa shape index (κ1) is 22.3. The number of anilines is 2. The molecule has 0 bridgehead atoms. The van der Waals surface area contributed by atoms with Gasteiger partial charge in [-0.25, -0.2) is 18.7 Å². The Kier molecular flexibility index (Phi) is 5.47. The molecule has 0 spiro atoms. The lowest BCUT2D eigenvalue weighted by molar-refractivity contribution is -0.160. The summed E-state index contributed by atoms with van der Waals surface area (Å²) in [5, 5.41) is 10.1. The number of alkyl halides is 2. The van der Waals surface area contributed by atoms with Crippen LogP contribution in [0.15, 0.2) is 67.1 Å². The van der Waals surface area contributed by atoms with E-state index < -0.39 is 11.8 Å². The highest BCUT2D eigenvalue weighted by molar-refractivity contribution is 5.80. The lowest BCUT2D eigenvalue weighted by atomic mass is 9.80. The minimum Gasteiger partial charge on any atom is -0.340 e. The smallest absolute Gasteiger partial charge is 0.249 e. The number of benzene rings is 2. The zero-order chi connectivity index (χ0) is 24.7. The van der Waals surface area contributed by atoms with Crippen LogP contribution >= 0.6 is 0 Å². The molecule has 6 rings (SSSR count). The molecule has 2 aliphatic rings. The van der Waals surface area contributed by atoms with Crippen molar-refractivity contribution in [3.8, 4) is 22.5 Å². The van der Waals surface area contributed by atoms with Crippen molar-refractivity contribution in [3.63, 3.8) is 0 Å². The second kappa shape index (κ2) is 8.82. The van der Waals surface area contributed by atoms with Crippen molar-refractivity contribution in [1.82, 2.24) is 25.1 Å². The minimum atomic E-state index is -2.69. The molecule has 0 saturated heterocycles. The number of H-pyrrole nitrogens is 1. The molecular weight excluding hydrogens is 462 g/mol. The predicted molar refractivity (Wildman–Crippen MR) is 132 cm³/mol. The fourth-order valence-corrected chi connectivity index (χ4v) is 4.85. The number of fused-ring (bicyclic) bond motifs is 1. The number of nitrogens with zero attached hydrogens (tertiary/aromatic N) is 4. The molecule has 3 heterocycles. The molecular formula is C27H24F2N6O. The minimum absolute atomic E-state index is 0.168. The van der Waals surface area contributed by atoms with Crippen LogP contribution in [0.5, 0.6) is 0 Å². The second-order valence-electron chi connectivity index (χ2n) is 9.41. The number of hydrogen-bond acceptors (Lipinski definition) is 5. The third-order valence-corrected chi connectivity index (χ3v) is 6.87. The Morgan fingerprint density at radius 2 is 1.83 bits per heavy atom. The van der Waals surface area contributed by atoms with Gasteiger partial charge in [0.15, 0.2) is 5.82 Å². The van der Waals surface area contributed by atoms with Gasteiger partial charge in [0, 0.05) is 61.1 Å². The Morgan fingerprint density at radius 3 is 2.58 bits per heavy atom. The summed E-state index contributed by atoms with van der Waals surface area (Å²) in [6.45, 7) is 0.980. The molecule has 9 heteroatoms. The lowest BCUT2D eigenvalue weighted by Gasteiger charge is -2.38. The van der Waals surface area contributed by atoms with Gasteiger partial charge in [-0.1, -0.05) is 24.3 Å². The molecule has 2 aromatic carbocycles. The van der Waals surface area contributed by atoms with Crippen LogP contribution in [-0.2, 0) is 17.8 Å². The van der Waals surface area contributed by atoms with E-state index in [9.17, 15) is 13.6 Å². The van der Waals surface area contributed by atoms with E-state index in [0.29, 0.717) is 31.2 Å².